The van der Waals surface area contributed by atoms with Crippen molar-refractivity contribution in [1.29, 1.82) is 0 Å². The lowest BCUT2D eigenvalue weighted by molar-refractivity contribution is -0.133. The van der Waals surface area contributed by atoms with Gasteiger partial charge in [0.05, 0.1) is 12.5 Å². The Morgan fingerprint density at radius 1 is 1.38 bits per heavy atom. The SMILES string of the molecule is CC(=O)NC(CC(=O)N(C)C1CC2CCC(C1)N2)c1cccs1.Cl. The third-order valence-corrected chi connectivity index (χ3v) is 6.02. The third kappa shape index (κ3) is 4.49. The van der Waals surface area contributed by atoms with E-state index in [1.165, 1.54) is 19.8 Å². The molecule has 0 spiro atoms. The molecular formula is C17H26ClN3O2S. The monoisotopic (exact) mass is 371 g/mol. The Morgan fingerprint density at radius 3 is 2.58 bits per heavy atom. The summed E-state index contributed by atoms with van der Waals surface area (Å²) in [5, 5.41) is 8.50. The molecule has 0 aliphatic carbocycles. The third-order valence-electron chi connectivity index (χ3n) is 5.03. The van der Waals surface area contributed by atoms with Gasteiger partial charge in [-0.05, 0) is 37.1 Å². The predicted molar refractivity (Wildman–Crippen MR) is 98.5 cm³/mol. The van der Waals surface area contributed by atoms with E-state index in [0.29, 0.717) is 24.5 Å². The van der Waals surface area contributed by atoms with Crippen molar-refractivity contribution < 1.29 is 9.59 Å². The highest BCUT2D eigenvalue weighted by Crippen LogP contribution is 2.30. The molecule has 24 heavy (non-hydrogen) atoms. The van der Waals surface area contributed by atoms with E-state index in [1.54, 1.807) is 11.3 Å². The molecular weight excluding hydrogens is 346 g/mol. The molecule has 2 amide bonds. The van der Waals surface area contributed by atoms with Crippen LogP contribution in [0.15, 0.2) is 17.5 Å². The maximum atomic E-state index is 12.7. The molecule has 3 atom stereocenters. The summed E-state index contributed by atoms with van der Waals surface area (Å²) in [5.74, 6) is 0.0159. The van der Waals surface area contributed by atoms with Gasteiger partial charge >= 0.3 is 0 Å². The fraction of sp³-hybridized carbons (Fsp3) is 0.647. The summed E-state index contributed by atoms with van der Waals surface area (Å²) in [7, 11) is 1.91. The number of amides is 2. The highest BCUT2D eigenvalue weighted by molar-refractivity contribution is 7.10. The van der Waals surface area contributed by atoms with Crippen molar-refractivity contribution in [1.82, 2.24) is 15.5 Å². The summed E-state index contributed by atoms with van der Waals surface area (Å²) in [5.41, 5.74) is 0. The van der Waals surface area contributed by atoms with Crippen LogP contribution < -0.4 is 10.6 Å². The first-order valence-corrected chi connectivity index (χ1v) is 9.23. The number of fused-ring (bicyclic) bond motifs is 2. The number of hydrogen-bond donors (Lipinski definition) is 2. The molecule has 2 fully saturated rings. The quantitative estimate of drug-likeness (QED) is 0.835. The van der Waals surface area contributed by atoms with Crippen LogP contribution in [0, 0.1) is 0 Å². The van der Waals surface area contributed by atoms with Gasteiger partial charge < -0.3 is 15.5 Å². The number of nitrogens with zero attached hydrogens (tertiary/aromatic N) is 1. The Labute approximate surface area is 153 Å². The summed E-state index contributed by atoms with van der Waals surface area (Å²) in [6.07, 6.45) is 4.88. The summed E-state index contributed by atoms with van der Waals surface area (Å²) < 4.78 is 0. The van der Waals surface area contributed by atoms with Crippen molar-refractivity contribution in [3.05, 3.63) is 22.4 Å². The minimum Gasteiger partial charge on any atom is -0.348 e. The van der Waals surface area contributed by atoms with E-state index < -0.39 is 0 Å². The van der Waals surface area contributed by atoms with Crippen molar-refractivity contribution in [2.75, 3.05) is 7.05 Å². The van der Waals surface area contributed by atoms with Gasteiger partial charge in [0.1, 0.15) is 0 Å². The lowest BCUT2D eigenvalue weighted by atomic mass is 9.98. The van der Waals surface area contributed by atoms with Crippen LogP contribution in [0.25, 0.3) is 0 Å². The Morgan fingerprint density at radius 2 is 2.04 bits per heavy atom. The first-order chi connectivity index (χ1) is 11.0. The van der Waals surface area contributed by atoms with Crippen LogP contribution in [0.4, 0.5) is 0 Å². The Balaban J connectivity index is 0.00000208. The summed E-state index contributed by atoms with van der Waals surface area (Å²) in [6.45, 7) is 1.50. The number of halogens is 1. The van der Waals surface area contributed by atoms with Gasteiger partial charge in [-0.2, -0.15) is 0 Å². The summed E-state index contributed by atoms with van der Waals surface area (Å²) in [4.78, 5) is 27.1. The zero-order valence-electron chi connectivity index (χ0n) is 14.2. The van der Waals surface area contributed by atoms with Gasteiger partial charge in [-0.15, -0.1) is 23.7 Å². The van der Waals surface area contributed by atoms with Gasteiger partial charge in [-0.3, -0.25) is 9.59 Å². The number of nitrogens with one attached hydrogen (secondary N) is 2. The fourth-order valence-corrected chi connectivity index (χ4v) is 4.60. The van der Waals surface area contributed by atoms with Gasteiger partial charge in [0.2, 0.25) is 11.8 Å². The first-order valence-electron chi connectivity index (χ1n) is 8.35. The van der Waals surface area contributed by atoms with E-state index in [4.69, 9.17) is 0 Å². The van der Waals surface area contributed by atoms with Gasteiger partial charge in [0.25, 0.3) is 0 Å². The van der Waals surface area contributed by atoms with Crippen molar-refractivity contribution in [3.63, 3.8) is 0 Å². The zero-order chi connectivity index (χ0) is 16.4. The molecule has 3 heterocycles. The van der Waals surface area contributed by atoms with Crippen LogP contribution in [0.5, 0.6) is 0 Å². The minimum absolute atomic E-state index is 0. The predicted octanol–water partition coefficient (Wildman–Crippen LogP) is 2.48. The van der Waals surface area contributed by atoms with E-state index in [9.17, 15) is 9.59 Å². The van der Waals surface area contributed by atoms with Crippen LogP contribution >= 0.6 is 23.7 Å². The average Bonchev–Trinajstić information content (AvgIpc) is 3.15. The minimum atomic E-state index is -0.221. The molecule has 3 unspecified atom stereocenters. The van der Waals surface area contributed by atoms with Crippen molar-refractivity contribution in [3.8, 4) is 0 Å². The van der Waals surface area contributed by atoms with Crippen LogP contribution in [0.3, 0.4) is 0 Å². The van der Waals surface area contributed by atoms with Crippen LogP contribution in [0.1, 0.15) is 49.9 Å². The van der Waals surface area contributed by atoms with E-state index in [-0.39, 0.29) is 30.3 Å². The number of carbonyl (C=O) groups excluding carboxylic acids is 2. The second-order valence-electron chi connectivity index (χ2n) is 6.74. The standard InChI is InChI=1S/C17H25N3O2S.ClH/c1-11(21)18-15(16-4-3-7-23-16)10-17(22)20(2)14-8-12-5-6-13(9-14)19-12;/h3-4,7,12-15,19H,5-6,8-10H2,1-2H3,(H,18,21);1H. The largest absolute Gasteiger partial charge is 0.348 e. The lowest BCUT2D eigenvalue weighted by Gasteiger charge is -2.36. The second kappa shape index (κ2) is 8.32. The average molecular weight is 372 g/mol. The number of carbonyl (C=O) groups is 2. The van der Waals surface area contributed by atoms with Gasteiger partial charge in [0, 0.05) is 37.0 Å². The number of hydrogen-bond acceptors (Lipinski definition) is 4. The number of rotatable bonds is 5. The van der Waals surface area contributed by atoms with Gasteiger partial charge in [-0.25, -0.2) is 0 Å². The number of piperidine rings is 1. The molecule has 2 N–H and O–H groups in total. The van der Waals surface area contributed by atoms with Crippen molar-refractivity contribution >= 4 is 35.6 Å². The van der Waals surface area contributed by atoms with Gasteiger partial charge in [-0.1, -0.05) is 6.07 Å². The van der Waals surface area contributed by atoms with Crippen LogP contribution in [-0.2, 0) is 9.59 Å². The maximum absolute atomic E-state index is 12.7. The summed E-state index contributed by atoms with van der Waals surface area (Å²) in [6, 6.07) is 5.16. The highest BCUT2D eigenvalue weighted by Gasteiger charge is 2.36. The van der Waals surface area contributed by atoms with Gasteiger partial charge in [0.15, 0.2) is 0 Å². The molecule has 0 saturated carbocycles. The van der Waals surface area contributed by atoms with E-state index in [0.717, 1.165) is 17.7 Å². The Hall–Kier alpha value is -1.11. The van der Waals surface area contributed by atoms with E-state index in [2.05, 4.69) is 10.6 Å². The fourth-order valence-electron chi connectivity index (χ4n) is 3.82. The molecule has 2 aliphatic heterocycles. The molecule has 1 aromatic heterocycles. The molecule has 2 aliphatic rings. The van der Waals surface area contributed by atoms with Crippen LogP contribution in [-0.4, -0.2) is 41.9 Å². The molecule has 2 bridgehead atoms. The molecule has 134 valence electrons. The second-order valence-corrected chi connectivity index (χ2v) is 7.72. The van der Waals surface area contributed by atoms with Crippen molar-refractivity contribution in [2.24, 2.45) is 0 Å². The first kappa shape index (κ1) is 19.2. The number of thiophene rings is 1. The topological polar surface area (TPSA) is 61.4 Å². The smallest absolute Gasteiger partial charge is 0.225 e. The molecule has 7 heteroatoms. The Kier molecular flexibility index (Phi) is 6.66. The molecule has 3 rings (SSSR count). The van der Waals surface area contributed by atoms with E-state index >= 15 is 0 Å². The maximum Gasteiger partial charge on any atom is 0.225 e. The highest BCUT2D eigenvalue weighted by atomic mass is 35.5. The molecule has 5 nitrogen and oxygen atoms in total. The molecule has 1 aromatic rings. The molecule has 2 saturated heterocycles. The lowest BCUT2D eigenvalue weighted by Crippen LogP contribution is -2.49. The van der Waals surface area contributed by atoms with Crippen molar-refractivity contribution in [2.45, 2.75) is 63.2 Å². The normalized spacial score (nSPS) is 26.3. The Bertz CT molecular complexity index is 554. The summed E-state index contributed by atoms with van der Waals surface area (Å²) >= 11 is 1.58. The van der Waals surface area contributed by atoms with E-state index in [1.807, 2.05) is 29.5 Å². The van der Waals surface area contributed by atoms with Crippen LogP contribution in [0.2, 0.25) is 0 Å². The molecule has 0 aromatic carbocycles. The zero-order valence-corrected chi connectivity index (χ0v) is 15.8. The molecule has 0 radical (unpaired) electrons.